The highest BCUT2D eigenvalue weighted by Crippen LogP contribution is 2.23. The highest BCUT2D eigenvalue weighted by atomic mass is 16.5. The summed E-state index contributed by atoms with van der Waals surface area (Å²) in [5.41, 5.74) is 2.56. The monoisotopic (exact) mass is 363 g/mol. The van der Waals surface area contributed by atoms with Crippen LogP contribution in [0.5, 0.6) is 5.75 Å². The SMILES string of the molecule is CC(=O)Oc1ccc(-c2ccc(C(=O)OCC(=O)c3ccc[nH]3)cc2)cc1. The summed E-state index contributed by atoms with van der Waals surface area (Å²) in [6, 6.07) is 17.2. The summed E-state index contributed by atoms with van der Waals surface area (Å²) in [6.45, 7) is 1.02. The normalized spacial score (nSPS) is 10.3. The van der Waals surface area contributed by atoms with E-state index < -0.39 is 5.97 Å². The van der Waals surface area contributed by atoms with Crippen LogP contribution in [0.15, 0.2) is 66.9 Å². The van der Waals surface area contributed by atoms with Crippen molar-refractivity contribution in [3.63, 3.8) is 0 Å². The number of carbonyl (C=O) groups is 3. The number of H-pyrrole nitrogens is 1. The standard InChI is InChI=1S/C21H17NO5/c1-14(23)27-18-10-8-16(9-11-18)15-4-6-17(7-5-15)21(25)26-13-20(24)19-3-2-12-22-19/h2-12,22H,13H2,1H3. The van der Waals surface area contributed by atoms with Crippen LogP contribution in [0.4, 0.5) is 0 Å². The van der Waals surface area contributed by atoms with Gasteiger partial charge in [-0.15, -0.1) is 0 Å². The quantitative estimate of drug-likeness (QED) is 0.410. The van der Waals surface area contributed by atoms with Gasteiger partial charge in [0.1, 0.15) is 5.75 Å². The third kappa shape index (κ3) is 4.70. The van der Waals surface area contributed by atoms with Crippen molar-refractivity contribution in [3.8, 4) is 16.9 Å². The molecule has 6 heteroatoms. The molecule has 0 atom stereocenters. The third-order valence-corrected chi connectivity index (χ3v) is 3.80. The first kappa shape index (κ1) is 18.1. The number of aromatic amines is 1. The first-order chi connectivity index (χ1) is 13.0. The van der Waals surface area contributed by atoms with Gasteiger partial charge in [0.05, 0.1) is 11.3 Å². The molecule has 0 bridgehead atoms. The zero-order valence-corrected chi connectivity index (χ0v) is 14.6. The smallest absolute Gasteiger partial charge is 0.338 e. The molecule has 0 fully saturated rings. The van der Waals surface area contributed by atoms with Crippen molar-refractivity contribution in [2.24, 2.45) is 0 Å². The molecule has 3 aromatic rings. The number of hydrogen-bond acceptors (Lipinski definition) is 5. The van der Waals surface area contributed by atoms with Gasteiger partial charge in [0.25, 0.3) is 0 Å². The lowest BCUT2D eigenvalue weighted by Gasteiger charge is -2.06. The number of Topliss-reactive ketones (excluding diaryl/α,β-unsaturated/α-hetero) is 1. The summed E-state index contributed by atoms with van der Waals surface area (Å²) < 4.78 is 10.1. The number of rotatable bonds is 6. The Morgan fingerprint density at radius 2 is 1.52 bits per heavy atom. The lowest BCUT2D eigenvalue weighted by atomic mass is 10.0. The second-order valence-corrected chi connectivity index (χ2v) is 5.78. The number of ketones is 1. The van der Waals surface area contributed by atoms with Crippen molar-refractivity contribution in [1.82, 2.24) is 4.98 Å². The van der Waals surface area contributed by atoms with E-state index >= 15 is 0 Å². The largest absolute Gasteiger partial charge is 0.454 e. The summed E-state index contributed by atoms with van der Waals surface area (Å²) in [5.74, 6) is -0.761. The minimum atomic E-state index is -0.563. The van der Waals surface area contributed by atoms with Crippen LogP contribution in [0, 0.1) is 0 Å². The Morgan fingerprint density at radius 3 is 2.07 bits per heavy atom. The fraction of sp³-hybridized carbons (Fsp3) is 0.0952. The maximum absolute atomic E-state index is 12.1. The number of esters is 2. The van der Waals surface area contributed by atoms with E-state index in [2.05, 4.69) is 4.98 Å². The van der Waals surface area contributed by atoms with Crippen molar-refractivity contribution in [1.29, 1.82) is 0 Å². The fourth-order valence-electron chi connectivity index (χ4n) is 2.48. The molecule has 0 unspecified atom stereocenters. The van der Waals surface area contributed by atoms with Gasteiger partial charge < -0.3 is 14.5 Å². The minimum absolute atomic E-state index is 0.294. The molecular formula is C21H17NO5. The van der Waals surface area contributed by atoms with Crippen LogP contribution in [-0.2, 0) is 9.53 Å². The number of carbonyl (C=O) groups excluding carboxylic acids is 3. The summed E-state index contributed by atoms with van der Waals surface area (Å²) in [7, 11) is 0. The lowest BCUT2D eigenvalue weighted by Crippen LogP contribution is -2.14. The van der Waals surface area contributed by atoms with Gasteiger partial charge in [-0.2, -0.15) is 0 Å². The Hall–Kier alpha value is -3.67. The number of ether oxygens (including phenoxy) is 2. The maximum Gasteiger partial charge on any atom is 0.338 e. The second-order valence-electron chi connectivity index (χ2n) is 5.78. The van der Waals surface area contributed by atoms with E-state index in [1.165, 1.54) is 6.92 Å². The summed E-state index contributed by atoms with van der Waals surface area (Å²) in [4.78, 5) is 37.6. The van der Waals surface area contributed by atoms with Crippen molar-refractivity contribution in [2.75, 3.05) is 6.61 Å². The molecule has 0 saturated carbocycles. The highest BCUT2D eigenvalue weighted by Gasteiger charge is 2.12. The van der Waals surface area contributed by atoms with E-state index in [4.69, 9.17) is 9.47 Å². The first-order valence-electron chi connectivity index (χ1n) is 8.25. The number of benzene rings is 2. The van der Waals surface area contributed by atoms with E-state index in [0.29, 0.717) is 17.0 Å². The van der Waals surface area contributed by atoms with Gasteiger partial charge in [-0.25, -0.2) is 4.79 Å². The van der Waals surface area contributed by atoms with Gasteiger partial charge in [-0.05, 0) is 47.5 Å². The van der Waals surface area contributed by atoms with Gasteiger partial charge in [-0.3, -0.25) is 9.59 Å². The average Bonchev–Trinajstić information content (AvgIpc) is 3.21. The van der Waals surface area contributed by atoms with Crippen LogP contribution >= 0.6 is 0 Å². The Balaban J connectivity index is 1.61. The van der Waals surface area contributed by atoms with E-state index in [0.717, 1.165) is 11.1 Å². The molecule has 3 rings (SSSR count). The number of hydrogen-bond donors (Lipinski definition) is 1. The fourth-order valence-corrected chi connectivity index (χ4v) is 2.48. The van der Waals surface area contributed by atoms with Crippen LogP contribution in [0.1, 0.15) is 27.8 Å². The molecule has 0 aliphatic carbocycles. The predicted octanol–water partition coefficient (Wildman–Crippen LogP) is 3.65. The molecular weight excluding hydrogens is 346 g/mol. The number of aromatic nitrogens is 1. The van der Waals surface area contributed by atoms with E-state index in [-0.39, 0.29) is 18.4 Å². The zero-order chi connectivity index (χ0) is 19.2. The molecule has 0 aliphatic heterocycles. The zero-order valence-electron chi connectivity index (χ0n) is 14.6. The van der Waals surface area contributed by atoms with Gasteiger partial charge in [0.15, 0.2) is 6.61 Å². The van der Waals surface area contributed by atoms with Gasteiger partial charge in [0, 0.05) is 13.1 Å². The van der Waals surface area contributed by atoms with Crippen LogP contribution in [0.2, 0.25) is 0 Å². The van der Waals surface area contributed by atoms with Crippen molar-refractivity contribution < 1.29 is 23.9 Å². The minimum Gasteiger partial charge on any atom is -0.454 e. The van der Waals surface area contributed by atoms with Crippen LogP contribution in [0.25, 0.3) is 11.1 Å². The van der Waals surface area contributed by atoms with Crippen molar-refractivity contribution in [2.45, 2.75) is 6.92 Å². The molecule has 136 valence electrons. The summed E-state index contributed by atoms with van der Waals surface area (Å²) >= 11 is 0. The molecule has 0 amide bonds. The van der Waals surface area contributed by atoms with E-state index in [1.54, 1.807) is 54.7 Å². The highest BCUT2D eigenvalue weighted by molar-refractivity contribution is 5.98. The van der Waals surface area contributed by atoms with E-state index in [9.17, 15) is 14.4 Å². The Labute approximate surface area is 155 Å². The lowest BCUT2D eigenvalue weighted by molar-refractivity contribution is -0.131. The molecule has 6 nitrogen and oxygen atoms in total. The average molecular weight is 363 g/mol. The topological polar surface area (TPSA) is 85.5 Å². The Morgan fingerprint density at radius 1 is 0.889 bits per heavy atom. The van der Waals surface area contributed by atoms with Crippen LogP contribution in [0.3, 0.4) is 0 Å². The van der Waals surface area contributed by atoms with Crippen molar-refractivity contribution in [3.05, 3.63) is 78.1 Å². The molecule has 27 heavy (non-hydrogen) atoms. The molecule has 0 aliphatic rings. The second kappa shape index (κ2) is 8.14. The third-order valence-electron chi connectivity index (χ3n) is 3.80. The van der Waals surface area contributed by atoms with Crippen LogP contribution < -0.4 is 4.74 Å². The predicted molar refractivity (Wildman–Crippen MR) is 98.6 cm³/mol. The van der Waals surface area contributed by atoms with Gasteiger partial charge >= 0.3 is 11.9 Å². The first-order valence-corrected chi connectivity index (χ1v) is 8.25. The van der Waals surface area contributed by atoms with Gasteiger partial charge in [-0.1, -0.05) is 24.3 Å². The molecule has 2 aromatic carbocycles. The molecule has 0 radical (unpaired) electrons. The van der Waals surface area contributed by atoms with Crippen molar-refractivity contribution >= 4 is 17.7 Å². The molecule has 1 aromatic heterocycles. The molecule has 1 heterocycles. The van der Waals surface area contributed by atoms with Crippen LogP contribution in [-0.4, -0.2) is 29.3 Å². The molecule has 0 spiro atoms. The summed E-state index contributed by atoms with van der Waals surface area (Å²) in [5, 5.41) is 0. The van der Waals surface area contributed by atoms with Gasteiger partial charge in [0.2, 0.25) is 5.78 Å². The van der Waals surface area contributed by atoms with E-state index in [1.807, 2.05) is 12.1 Å². The number of nitrogens with one attached hydrogen (secondary N) is 1. The maximum atomic E-state index is 12.1. The molecule has 0 saturated heterocycles. The molecule has 1 N–H and O–H groups in total. The Kier molecular flexibility index (Phi) is 5.47. The summed E-state index contributed by atoms with van der Waals surface area (Å²) in [6.07, 6.45) is 1.63. The Bertz CT molecular complexity index is 941.